The fourth-order valence-electron chi connectivity index (χ4n) is 3.08. The summed E-state index contributed by atoms with van der Waals surface area (Å²) in [5.41, 5.74) is 0. The van der Waals surface area contributed by atoms with Gasteiger partial charge in [-0.05, 0) is 56.6 Å². The highest BCUT2D eigenvalue weighted by Crippen LogP contribution is 2.23. The Kier molecular flexibility index (Phi) is 6.87. The number of hydrogen-bond donors (Lipinski definition) is 0. The van der Waals surface area contributed by atoms with Crippen molar-refractivity contribution in [1.82, 2.24) is 9.21 Å². The maximum Gasteiger partial charge on any atom is 0.213 e. The van der Waals surface area contributed by atoms with Crippen molar-refractivity contribution in [1.29, 1.82) is 0 Å². The topological polar surface area (TPSA) is 40.6 Å². The highest BCUT2D eigenvalue weighted by atomic mass is 32.2. The van der Waals surface area contributed by atoms with Crippen molar-refractivity contribution in [3.63, 3.8) is 0 Å². The van der Waals surface area contributed by atoms with Gasteiger partial charge in [-0.25, -0.2) is 12.7 Å². The number of sulfonamides is 1. The average molecular weight is 345 g/mol. The van der Waals surface area contributed by atoms with Gasteiger partial charge in [0.2, 0.25) is 10.0 Å². The summed E-state index contributed by atoms with van der Waals surface area (Å²) < 4.78 is 25.0. The van der Waals surface area contributed by atoms with E-state index in [2.05, 4.69) is 22.4 Å². The molecule has 0 amide bonds. The first kappa shape index (κ1) is 17.9. The average Bonchev–Trinajstić information content (AvgIpc) is 2.99. The van der Waals surface area contributed by atoms with Crippen LogP contribution in [0.3, 0.4) is 0 Å². The smallest absolute Gasteiger partial charge is 0.213 e. The van der Waals surface area contributed by atoms with E-state index in [4.69, 9.17) is 0 Å². The Bertz CT molecular complexity index is 526. The van der Waals surface area contributed by atoms with Gasteiger partial charge in [-0.2, -0.15) is 0 Å². The Labute approximate surface area is 139 Å². The zero-order valence-corrected chi connectivity index (χ0v) is 15.3. The predicted octanol–water partition coefficient (Wildman–Crippen LogP) is 2.82. The molecule has 1 aromatic heterocycles. The number of thiophene rings is 1. The number of likely N-dealkylation sites (tertiary alicyclic amines) is 1. The highest BCUT2D eigenvalue weighted by molar-refractivity contribution is 7.89. The van der Waals surface area contributed by atoms with Crippen molar-refractivity contribution in [3.05, 3.63) is 22.4 Å². The van der Waals surface area contributed by atoms with E-state index in [1.165, 1.54) is 34.9 Å². The van der Waals surface area contributed by atoms with Crippen molar-refractivity contribution in [2.24, 2.45) is 0 Å². The standard InChI is InChI=1S/C16H28N2O2S2/c1-17(2)22(19,20)14-6-12-18-11-4-3-7-15(18)9-10-16-8-5-13-21-16/h5,8,13,15H,3-4,6-7,9-12,14H2,1-2H3. The number of hydrogen-bond acceptors (Lipinski definition) is 4. The molecule has 0 spiro atoms. The largest absolute Gasteiger partial charge is 0.300 e. The van der Waals surface area contributed by atoms with E-state index in [1.54, 1.807) is 14.1 Å². The van der Waals surface area contributed by atoms with Gasteiger partial charge in [-0.1, -0.05) is 12.5 Å². The maximum atomic E-state index is 11.8. The second-order valence-electron chi connectivity index (χ2n) is 6.26. The van der Waals surface area contributed by atoms with Crippen LogP contribution >= 0.6 is 11.3 Å². The molecule has 1 fully saturated rings. The molecule has 1 aromatic rings. The van der Waals surface area contributed by atoms with E-state index in [0.717, 1.165) is 25.9 Å². The van der Waals surface area contributed by atoms with Gasteiger partial charge in [-0.3, -0.25) is 0 Å². The molecule has 1 saturated heterocycles. The molecule has 2 heterocycles. The lowest BCUT2D eigenvalue weighted by molar-refractivity contribution is 0.141. The van der Waals surface area contributed by atoms with Gasteiger partial charge in [0.1, 0.15) is 0 Å². The summed E-state index contributed by atoms with van der Waals surface area (Å²) >= 11 is 1.83. The minimum Gasteiger partial charge on any atom is -0.300 e. The second-order valence-corrected chi connectivity index (χ2v) is 9.59. The van der Waals surface area contributed by atoms with Crippen LogP contribution in [0, 0.1) is 0 Å². The molecule has 0 aliphatic carbocycles. The minimum atomic E-state index is -3.06. The van der Waals surface area contributed by atoms with Crippen molar-refractivity contribution >= 4 is 21.4 Å². The van der Waals surface area contributed by atoms with Gasteiger partial charge >= 0.3 is 0 Å². The Hall–Kier alpha value is -0.430. The molecule has 0 saturated carbocycles. The Morgan fingerprint density at radius 1 is 1.36 bits per heavy atom. The van der Waals surface area contributed by atoms with Crippen LogP contribution in [-0.4, -0.2) is 56.6 Å². The predicted molar refractivity (Wildman–Crippen MR) is 93.9 cm³/mol. The van der Waals surface area contributed by atoms with E-state index in [0.29, 0.717) is 6.04 Å². The van der Waals surface area contributed by atoms with E-state index in [-0.39, 0.29) is 5.75 Å². The van der Waals surface area contributed by atoms with Crippen LogP contribution in [0.2, 0.25) is 0 Å². The number of aryl methyl sites for hydroxylation is 1. The number of piperidine rings is 1. The molecule has 6 heteroatoms. The normalized spacial score (nSPS) is 20.6. The van der Waals surface area contributed by atoms with Crippen LogP contribution in [0.25, 0.3) is 0 Å². The molecular formula is C16H28N2O2S2. The Morgan fingerprint density at radius 2 is 2.18 bits per heavy atom. The van der Waals surface area contributed by atoms with Gasteiger partial charge in [0.05, 0.1) is 5.75 Å². The van der Waals surface area contributed by atoms with Gasteiger partial charge in [0, 0.05) is 25.0 Å². The quantitative estimate of drug-likeness (QED) is 0.728. The second kappa shape index (κ2) is 8.43. The zero-order valence-electron chi connectivity index (χ0n) is 13.7. The third kappa shape index (κ3) is 5.33. The fraction of sp³-hybridized carbons (Fsp3) is 0.750. The molecule has 22 heavy (non-hydrogen) atoms. The molecule has 1 atom stereocenters. The summed E-state index contributed by atoms with van der Waals surface area (Å²) in [6.07, 6.45) is 6.88. The van der Waals surface area contributed by atoms with Crippen LogP contribution in [0.15, 0.2) is 17.5 Å². The zero-order chi connectivity index (χ0) is 16.0. The minimum absolute atomic E-state index is 0.258. The van der Waals surface area contributed by atoms with Gasteiger partial charge in [0.25, 0.3) is 0 Å². The molecule has 2 rings (SSSR count). The molecular weight excluding hydrogens is 316 g/mol. The summed E-state index contributed by atoms with van der Waals surface area (Å²) in [6, 6.07) is 4.95. The van der Waals surface area contributed by atoms with Crippen molar-refractivity contribution in [2.75, 3.05) is 32.9 Å². The lowest BCUT2D eigenvalue weighted by atomic mass is 9.97. The van der Waals surface area contributed by atoms with Crippen molar-refractivity contribution in [3.8, 4) is 0 Å². The first-order valence-corrected chi connectivity index (χ1v) is 10.6. The van der Waals surface area contributed by atoms with Gasteiger partial charge < -0.3 is 4.90 Å². The Balaban J connectivity index is 1.79. The highest BCUT2D eigenvalue weighted by Gasteiger charge is 2.23. The van der Waals surface area contributed by atoms with Gasteiger partial charge in [0.15, 0.2) is 0 Å². The summed E-state index contributed by atoms with van der Waals surface area (Å²) in [5, 5.41) is 2.14. The first-order valence-electron chi connectivity index (χ1n) is 8.15. The lowest BCUT2D eigenvalue weighted by Gasteiger charge is -2.36. The molecule has 0 aromatic carbocycles. The van der Waals surface area contributed by atoms with E-state index in [9.17, 15) is 8.42 Å². The fourth-order valence-corrected chi connectivity index (χ4v) is 4.66. The van der Waals surface area contributed by atoms with E-state index < -0.39 is 10.0 Å². The summed E-state index contributed by atoms with van der Waals surface area (Å²) in [6.45, 7) is 2.03. The molecule has 1 aliphatic rings. The third-order valence-electron chi connectivity index (χ3n) is 4.46. The molecule has 0 bridgehead atoms. The molecule has 0 radical (unpaired) electrons. The summed E-state index contributed by atoms with van der Waals surface area (Å²) in [7, 11) is 0.166. The number of rotatable bonds is 8. The maximum absolute atomic E-state index is 11.8. The third-order valence-corrected chi connectivity index (χ3v) is 7.31. The van der Waals surface area contributed by atoms with Crippen LogP contribution in [-0.2, 0) is 16.4 Å². The van der Waals surface area contributed by atoms with Crippen molar-refractivity contribution in [2.45, 2.75) is 44.6 Å². The van der Waals surface area contributed by atoms with Crippen LogP contribution in [0.1, 0.15) is 37.0 Å². The first-order chi connectivity index (χ1) is 10.5. The Morgan fingerprint density at radius 3 is 2.86 bits per heavy atom. The van der Waals surface area contributed by atoms with Crippen LogP contribution in [0.5, 0.6) is 0 Å². The SMILES string of the molecule is CN(C)S(=O)(=O)CCCN1CCCCC1CCc1cccs1. The van der Waals surface area contributed by atoms with Crippen molar-refractivity contribution < 1.29 is 8.42 Å². The lowest BCUT2D eigenvalue weighted by Crippen LogP contribution is -2.41. The number of nitrogens with zero attached hydrogens (tertiary/aromatic N) is 2. The molecule has 1 unspecified atom stereocenters. The summed E-state index contributed by atoms with van der Waals surface area (Å²) in [4.78, 5) is 3.98. The summed E-state index contributed by atoms with van der Waals surface area (Å²) in [5.74, 6) is 0.258. The molecule has 1 aliphatic heterocycles. The van der Waals surface area contributed by atoms with Gasteiger partial charge in [-0.15, -0.1) is 11.3 Å². The monoisotopic (exact) mass is 344 g/mol. The molecule has 0 N–H and O–H groups in total. The van der Waals surface area contributed by atoms with Crippen LogP contribution in [0.4, 0.5) is 0 Å². The van der Waals surface area contributed by atoms with E-state index >= 15 is 0 Å². The van der Waals surface area contributed by atoms with E-state index in [1.807, 2.05) is 11.3 Å². The molecule has 4 nitrogen and oxygen atoms in total. The van der Waals surface area contributed by atoms with Crippen LogP contribution < -0.4 is 0 Å². The molecule has 126 valence electrons.